The number of halogens is 1. The van der Waals surface area contributed by atoms with Gasteiger partial charge in [0.2, 0.25) is 0 Å². The monoisotopic (exact) mass is 207 g/mol. The molecule has 0 atom stereocenters. The van der Waals surface area contributed by atoms with Crippen LogP contribution in [0.25, 0.3) is 15.2 Å². The van der Waals surface area contributed by atoms with Gasteiger partial charge in [0, 0.05) is 0 Å². The first kappa shape index (κ1) is 7.75. The van der Waals surface area contributed by atoms with Crippen LogP contribution >= 0.6 is 11.3 Å². The summed E-state index contributed by atoms with van der Waals surface area (Å²) in [7, 11) is 0. The molecule has 0 spiro atoms. The van der Waals surface area contributed by atoms with Crippen molar-refractivity contribution >= 4 is 32.3 Å². The van der Waals surface area contributed by atoms with Crippen molar-refractivity contribution in [1.29, 1.82) is 0 Å². The largest absolute Gasteiger partial charge is 0.382 e. The molecule has 3 nitrogen and oxygen atoms in total. The Bertz CT molecular complexity index is 622. The molecule has 0 radical (unpaired) electrons. The number of benzene rings is 1. The third-order valence-electron chi connectivity index (χ3n) is 2.07. The molecule has 0 aliphatic heterocycles. The lowest BCUT2D eigenvalue weighted by Crippen LogP contribution is -1.81. The molecule has 5 heteroatoms. The normalized spacial score (nSPS) is 11.5. The number of fused-ring (bicyclic) bond motifs is 3. The van der Waals surface area contributed by atoms with E-state index in [0.717, 1.165) is 15.2 Å². The van der Waals surface area contributed by atoms with Gasteiger partial charge in [-0.25, -0.2) is 9.37 Å². The Hall–Kier alpha value is -1.62. The second-order valence-corrected chi connectivity index (χ2v) is 4.04. The number of hydrogen-bond donors (Lipinski definition) is 1. The highest BCUT2D eigenvalue weighted by atomic mass is 32.1. The maximum absolute atomic E-state index is 12.9. The van der Waals surface area contributed by atoms with E-state index >= 15 is 0 Å². The van der Waals surface area contributed by atoms with E-state index in [2.05, 4.69) is 4.98 Å². The molecule has 0 fully saturated rings. The van der Waals surface area contributed by atoms with Crippen molar-refractivity contribution in [3.8, 4) is 0 Å². The fourth-order valence-electron chi connectivity index (χ4n) is 1.49. The van der Waals surface area contributed by atoms with Crippen molar-refractivity contribution in [3.63, 3.8) is 0 Å². The molecule has 0 amide bonds. The van der Waals surface area contributed by atoms with Crippen molar-refractivity contribution in [2.75, 3.05) is 5.73 Å². The Morgan fingerprint density at radius 1 is 1.43 bits per heavy atom. The van der Waals surface area contributed by atoms with Crippen LogP contribution in [0.4, 0.5) is 10.2 Å². The third kappa shape index (κ3) is 0.927. The summed E-state index contributed by atoms with van der Waals surface area (Å²) in [6.45, 7) is 0. The predicted molar refractivity (Wildman–Crippen MR) is 54.9 cm³/mol. The molecule has 0 saturated heterocycles. The van der Waals surface area contributed by atoms with E-state index in [1.807, 2.05) is 4.40 Å². The summed E-state index contributed by atoms with van der Waals surface area (Å²) < 4.78 is 15.7. The lowest BCUT2D eigenvalue weighted by atomic mass is 10.3. The van der Waals surface area contributed by atoms with Crippen LogP contribution in [0.15, 0.2) is 24.4 Å². The average Bonchev–Trinajstić information content (AvgIpc) is 2.59. The van der Waals surface area contributed by atoms with Crippen LogP contribution in [-0.2, 0) is 0 Å². The SMILES string of the molecule is Nc1cn2c(n1)sc1cc(F)ccc12. The van der Waals surface area contributed by atoms with Gasteiger partial charge in [0.15, 0.2) is 4.96 Å². The second-order valence-electron chi connectivity index (χ2n) is 3.03. The van der Waals surface area contributed by atoms with Gasteiger partial charge < -0.3 is 5.73 Å². The zero-order valence-corrected chi connectivity index (χ0v) is 7.88. The van der Waals surface area contributed by atoms with Gasteiger partial charge in [-0.2, -0.15) is 0 Å². The summed E-state index contributed by atoms with van der Waals surface area (Å²) >= 11 is 1.43. The summed E-state index contributed by atoms with van der Waals surface area (Å²) in [6.07, 6.45) is 1.74. The fraction of sp³-hybridized carbons (Fsp3) is 0. The van der Waals surface area contributed by atoms with Crippen molar-refractivity contribution in [2.45, 2.75) is 0 Å². The Labute approximate surface area is 82.6 Å². The highest BCUT2D eigenvalue weighted by Gasteiger charge is 2.07. The van der Waals surface area contributed by atoms with Crippen LogP contribution < -0.4 is 5.73 Å². The summed E-state index contributed by atoms with van der Waals surface area (Å²) in [5.41, 5.74) is 6.50. The van der Waals surface area contributed by atoms with Gasteiger partial charge in [-0.1, -0.05) is 11.3 Å². The topological polar surface area (TPSA) is 43.3 Å². The van der Waals surface area contributed by atoms with Crippen LogP contribution in [-0.4, -0.2) is 9.38 Å². The molecule has 2 aromatic heterocycles. The quantitative estimate of drug-likeness (QED) is 0.614. The van der Waals surface area contributed by atoms with Crippen LogP contribution in [0.1, 0.15) is 0 Å². The van der Waals surface area contributed by atoms with E-state index in [-0.39, 0.29) is 5.82 Å². The lowest BCUT2D eigenvalue weighted by Gasteiger charge is -1.90. The smallest absolute Gasteiger partial charge is 0.196 e. The standard InChI is InChI=1S/C9H6FN3S/c10-5-1-2-6-7(3-5)14-9-12-8(11)4-13(6)9/h1-4H,11H2. The first-order valence-electron chi connectivity index (χ1n) is 4.07. The van der Waals surface area contributed by atoms with Gasteiger partial charge in [0.1, 0.15) is 11.6 Å². The molecule has 14 heavy (non-hydrogen) atoms. The van der Waals surface area contributed by atoms with Crippen molar-refractivity contribution in [2.24, 2.45) is 0 Å². The molecule has 0 aliphatic carbocycles. The number of anilines is 1. The van der Waals surface area contributed by atoms with Gasteiger partial charge in [-0.3, -0.25) is 4.40 Å². The number of thiazole rings is 1. The molecule has 0 aliphatic rings. The van der Waals surface area contributed by atoms with Crippen LogP contribution in [0, 0.1) is 5.82 Å². The predicted octanol–water partition coefficient (Wildman–Crippen LogP) is 2.27. The van der Waals surface area contributed by atoms with E-state index in [4.69, 9.17) is 5.73 Å². The number of nitrogen functional groups attached to an aromatic ring is 1. The van der Waals surface area contributed by atoms with Gasteiger partial charge in [0.05, 0.1) is 16.4 Å². The third-order valence-corrected chi connectivity index (χ3v) is 3.09. The molecule has 0 unspecified atom stereocenters. The number of nitrogens with zero attached hydrogens (tertiary/aromatic N) is 2. The highest BCUT2D eigenvalue weighted by Crippen LogP contribution is 2.27. The first-order valence-corrected chi connectivity index (χ1v) is 4.88. The van der Waals surface area contributed by atoms with Crippen molar-refractivity contribution in [3.05, 3.63) is 30.2 Å². The van der Waals surface area contributed by atoms with Crippen LogP contribution in [0.5, 0.6) is 0 Å². The molecule has 2 N–H and O–H groups in total. The van der Waals surface area contributed by atoms with Crippen LogP contribution in [0.3, 0.4) is 0 Å². The number of hydrogen-bond acceptors (Lipinski definition) is 3. The molecule has 0 saturated carbocycles. The second kappa shape index (κ2) is 2.45. The van der Waals surface area contributed by atoms with Gasteiger partial charge in [0.25, 0.3) is 0 Å². The zero-order valence-electron chi connectivity index (χ0n) is 7.07. The minimum atomic E-state index is -0.227. The number of rotatable bonds is 0. The average molecular weight is 207 g/mol. The summed E-state index contributed by atoms with van der Waals surface area (Å²) in [6, 6.07) is 4.67. The highest BCUT2D eigenvalue weighted by molar-refractivity contribution is 7.23. The maximum Gasteiger partial charge on any atom is 0.196 e. The van der Waals surface area contributed by atoms with Gasteiger partial charge in [-0.05, 0) is 18.2 Å². The Morgan fingerprint density at radius 3 is 3.14 bits per heavy atom. The fourth-order valence-corrected chi connectivity index (χ4v) is 2.53. The van der Waals surface area contributed by atoms with Gasteiger partial charge in [-0.15, -0.1) is 0 Å². The number of aromatic nitrogens is 2. The Balaban J connectivity index is 2.52. The van der Waals surface area contributed by atoms with Gasteiger partial charge >= 0.3 is 0 Å². The van der Waals surface area contributed by atoms with E-state index in [1.165, 1.54) is 23.5 Å². The minimum Gasteiger partial charge on any atom is -0.382 e. The van der Waals surface area contributed by atoms with Crippen LogP contribution in [0.2, 0.25) is 0 Å². The Kier molecular flexibility index (Phi) is 1.36. The summed E-state index contributed by atoms with van der Waals surface area (Å²) in [5, 5.41) is 0. The maximum atomic E-state index is 12.9. The van der Waals surface area contributed by atoms with E-state index in [1.54, 1.807) is 12.3 Å². The number of nitrogens with two attached hydrogens (primary N) is 1. The Morgan fingerprint density at radius 2 is 2.29 bits per heavy atom. The minimum absolute atomic E-state index is 0.227. The molecular formula is C9H6FN3S. The molecule has 0 bridgehead atoms. The lowest BCUT2D eigenvalue weighted by molar-refractivity contribution is 0.630. The number of imidazole rings is 1. The van der Waals surface area contributed by atoms with E-state index in [0.29, 0.717) is 5.82 Å². The van der Waals surface area contributed by atoms with Crippen molar-refractivity contribution in [1.82, 2.24) is 9.38 Å². The first-order chi connectivity index (χ1) is 6.74. The van der Waals surface area contributed by atoms with E-state index in [9.17, 15) is 4.39 Å². The molecule has 3 aromatic rings. The molecule has 1 aromatic carbocycles. The molecular weight excluding hydrogens is 201 g/mol. The van der Waals surface area contributed by atoms with Crippen molar-refractivity contribution < 1.29 is 4.39 Å². The summed E-state index contributed by atoms with van der Waals surface area (Å²) in [5.74, 6) is 0.262. The zero-order chi connectivity index (χ0) is 9.71. The molecule has 3 rings (SSSR count). The molecule has 2 heterocycles. The molecule has 70 valence electrons. The van der Waals surface area contributed by atoms with E-state index < -0.39 is 0 Å². The summed E-state index contributed by atoms with van der Waals surface area (Å²) in [4.78, 5) is 4.91.